The molecule has 0 saturated carbocycles. The molecule has 0 aliphatic carbocycles. The molecule has 4 rings (SSSR count). The number of oxazole rings is 1. The number of rotatable bonds is 4. The van der Waals surface area contributed by atoms with Crippen LogP contribution in [0.5, 0.6) is 0 Å². The zero-order valence-electron chi connectivity index (χ0n) is 13.4. The molecule has 1 aromatic heterocycles. The van der Waals surface area contributed by atoms with E-state index in [0.29, 0.717) is 22.6 Å². The predicted octanol–water partition coefficient (Wildman–Crippen LogP) is 5.25. The third-order valence-corrected chi connectivity index (χ3v) is 3.92. The largest absolute Gasteiger partial charge is 0.436 e. The predicted molar refractivity (Wildman–Crippen MR) is 99.1 cm³/mol. The summed E-state index contributed by atoms with van der Waals surface area (Å²) in [4.78, 5) is 17.6. The van der Waals surface area contributed by atoms with Crippen molar-refractivity contribution in [2.24, 2.45) is 0 Å². The van der Waals surface area contributed by atoms with Crippen LogP contribution >= 0.6 is 0 Å². The fraction of sp³-hybridized carbons (Fsp3) is 0. The third-order valence-electron chi connectivity index (χ3n) is 3.92. The fourth-order valence-electron chi connectivity index (χ4n) is 2.67. The number of allylic oxidation sites excluding steroid dienone is 1. The molecule has 0 fully saturated rings. The molecule has 1 heterocycles. The van der Waals surface area contributed by atoms with Gasteiger partial charge in [0.05, 0.1) is 5.57 Å². The van der Waals surface area contributed by atoms with Crippen LogP contribution < -0.4 is 0 Å². The summed E-state index contributed by atoms with van der Waals surface area (Å²) in [5, 5.41) is 0. The van der Waals surface area contributed by atoms with Crippen LogP contribution in [-0.4, -0.2) is 10.8 Å². The summed E-state index contributed by atoms with van der Waals surface area (Å²) in [5.41, 5.74) is 3.36. The summed E-state index contributed by atoms with van der Waals surface area (Å²) >= 11 is 0. The van der Waals surface area contributed by atoms with Gasteiger partial charge in [0.1, 0.15) is 5.52 Å². The molecule has 0 spiro atoms. The second kappa shape index (κ2) is 6.57. The Morgan fingerprint density at radius 2 is 1.44 bits per heavy atom. The minimum absolute atomic E-state index is 0.115. The van der Waals surface area contributed by atoms with Gasteiger partial charge in [-0.3, -0.25) is 4.79 Å². The molecule has 0 bridgehead atoms. The fourth-order valence-corrected chi connectivity index (χ4v) is 2.67. The summed E-state index contributed by atoms with van der Waals surface area (Å²) in [6.07, 6.45) is 1.82. The van der Waals surface area contributed by atoms with Gasteiger partial charge in [-0.25, -0.2) is 4.98 Å². The first kappa shape index (κ1) is 15.1. The van der Waals surface area contributed by atoms with Gasteiger partial charge in [-0.1, -0.05) is 72.8 Å². The highest BCUT2D eigenvalue weighted by atomic mass is 16.3. The van der Waals surface area contributed by atoms with Crippen molar-refractivity contribution in [3.05, 3.63) is 102 Å². The number of aromatic nitrogens is 1. The Morgan fingerprint density at radius 1 is 0.800 bits per heavy atom. The highest BCUT2D eigenvalue weighted by Crippen LogP contribution is 2.26. The Balaban J connectivity index is 1.86. The lowest BCUT2D eigenvalue weighted by molar-refractivity contribution is 0.105. The van der Waals surface area contributed by atoms with E-state index in [1.165, 1.54) is 0 Å². The monoisotopic (exact) mass is 325 g/mol. The molecule has 0 aliphatic heterocycles. The van der Waals surface area contributed by atoms with Crippen molar-refractivity contribution in [2.75, 3.05) is 0 Å². The van der Waals surface area contributed by atoms with Gasteiger partial charge in [0.2, 0.25) is 5.89 Å². The molecule has 3 heteroatoms. The second-order valence-corrected chi connectivity index (χ2v) is 5.65. The smallest absolute Gasteiger partial charge is 0.231 e. The number of para-hydroxylation sites is 2. The van der Waals surface area contributed by atoms with E-state index < -0.39 is 0 Å². The molecule has 0 aliphatic rings. The lowest BCUT2D eigenvalue weighted by Gasteiger charge is -2.04. The molecule has 0 N–H and O–H groups in total. The van der Waals surface area contributed by atoms with Crippen LogP contribution in [0.25, 0.3) is 22.7 Å². The van der Waals surface area contributed by atoms with E-state index in [0.717, 1.165) is 11.1 Å². The zero-order valence-corrected chi connectivity index (χ0v) is 13.4. The molecule has 3 aromatic carbocycles. The average molecular weight is 325 g/mol. The van der Waals surface area contributed by atoms with Gasteiger partial charge in [0.15, 0.2) is 11.4 Å². The van der Waals surface area contributed by atoms with E-state index in [1.54, 1.807) is 12.1 Å². The molecule has 0 saturated heterocycles. The molecular formula is C22H15NO2. The molecule has 0 amide bonds. The van der Waals surface area contributed by atoms with Crippen molar-refractivity contribution in [2.45, 2.75) is 0 Å². The van der Waals surface area contributed by atoms with Crippen LogP contribution in [0, 0.1) is 0 Å². The van der Waals surface area contributed by atoms with Gasteiger partial charge in [0.25, 0.3) is 0 Å². The van der Waals surface area contributed by atoms with E-state index in [9.17, 15) is 4.79 Å². The van der Waals surface area contributed by atoms with Crippen LogP contribution in [0.4, 0.5) is 0 Å². The summed E-state index contributed by atoms with van der Waals surface area (Å²) in [6, 6.07) is 26.4. The lowest BCUT2D eigenvalue weighted by atomic mass is 10.0. The first-order chi connectivity index (χ1) is 12.3. The minimum atomic E-state index is -0.115. The number of benzene rings is 3. The summed E-state index contributed by atoms with van der Waals surface area (Å²) in [7, 11) is 0. The summed E-state index contributed by atoms with van der Waals surface area (Å²) in [5.74, 6) is 0.218. The first-order valence-corrected chi connectivity index (χ1v) is 8.04. The van der Waals surface area contributed by atoms with Crippen molar-refractivity contribution in [1.29, 1.82) is 0 Å². The Kier molecular flexibility index (Phi) is 3.97. The molecule has 25 heavy (non-hydrogen) atoms. The Labute approximate surface area is 145 Å². The van der Waals surface area contributed by atoms with Crippen molar-refractivity contribution >= 4 is 28.5 Å². The van der Waals surface area contributed by atoms with Crippen LogP contribution in [-0.2, 0) is 0 Å². The van der Waals surface area contributed by atoms with E-state index >= 15 is 0 Å². The van der Waals surface area contributed by atoms with Gasteiger partial charge in [-0.15, -0.1) is 0 Å². The zero-order chi connectivity index (χ0) is 17.1. The quantitative estimate of drug-likeness (QED) is 0.380. The van der Waals surface area contributed by atoms with Gasteiger partial charge in [-0.05, 0) is 23.8 Å². The Morgan fingerprint density at radius 3 is 2.16 bits per heavy atom. The molecule has 120 valence electrons. The summed E-state index contributed by atoms with van der Waals surface area (Å²) < 4.78 is 5.84. The molecular weight excluding hydrogens is 310 g/mol. The number of Topliss-reactive ketones (excluding diaryl/α,β-unsaturated/α-hetero) is 1. The molecule has 0 radical (unpaired) electrons. The van der Waals surface area contributed by atoms with Crippen LogP contribution in [0.2, 0.25) is 0 Å². The normalized spacial score (nSPS) is 11.6. The molecule has 4 aromatic rings. The first-order valence-electron chi connectivity index (χ1n) is 8.04. The van der Waals surface area contributed by atoms with E-state index in [-0.39, 0.29) is 5.78 Å². The topological polar surface area (TPSA) is 43.1 Å². The summed E-state index contributed by atoms with van der Waals surface area (Å²) in [6.45, 7) is 0. The SMILES string of the molecule is O=C(/C(=C\c1ccccc1)c1nc2ccccc2o1)c1ccccc1. The van der Waals surface area contributed by atoms with Gasteiger partial charge in [-0.2, -0.15) is 0 Å². The van der Waals surface area contributed by atoms with Crippen LogP contribution in [0.1, 0.15) is 21.8 Å². The number of ketones is 1. The highest BCUT2D eigenvalue weighted by molar-refractivity contribution is 6.31. The molecule has 0 unspecified atom stereocenters. The van der Waals surface area contributed by atoms with Crippen molar-refractivity contribution in [3.63, 3.8) is 0 Å². The minimum Gasteiger partial charge on any atom is -0.436 e. The van der Waals surface area contributed by atoms with Gasteiger partial charge >= 0.3 is 0 Å². The molecule has 0 atom stereocenters. The van der Waals surface area contributed by atoms with Crippen LogP contribution in [0.3, 0.4) is 0 Å². The maximum absolute atomic E-state index is 13.1. The number of nitrogens with zero attached hydrogens (tertiary/aromatic N) is 1. The van der Waals surface area contributed by atoms with Gasteiger partial charge < -0.3 is 4.42 Å². The standard InChI is InChI=1S/C22H15NO2/c24-21(17-11-5-2-6-12-17)18(15-16-9-3-1-4-10-16)22-23-19-13-7-8-14-20(19)25-22/h1-15H/b18-15+. The highest BCUT2D eigenvalue weighted by Gasteiger charge is 2.19. The molecule has 3 nitrogen and oxygen atoms in total. The van der Waals surface area contributed by atoms with E-state index in [2.05, 4.69) is 4.98 Å². The Hall–Kier alpha value is -3.46. The maximum Gasteiger partial charge on any atom is 0.231 e. The second-order valence-electron chi connectivity index (χ2n) is 5.65. The number of carbonyl (C=O) groups excluding carboxylic acids is 1. The van der Waals surface area contributed by atoms with Gasteiger partial charge in [0, 0.05) is 5.56 Å². The van der Waals surface area contributed by atoms with Crippen LogP contribution in [0.15, 0.2) is 89.3 Å². The number of hydrogen-bond acceptors (Lipinski definition) is 3. The van der Waals surface area contributed by atoms with Crippen molar-refractivity contribution in [1.82, 2.24) is 4.98 Å². The van der Waals surface area contributed by atoms with E-state index in [4.69, 9.17) is 4.42 Å². The van der Waals surface area contributed by atoms with E-state index in [1.807, 2.05) is 78.9 Å². The number of hydrogen-bond donors (Lipinski definition) is 0. The number of fused-ring (bicyclic) bond motifs is 1. The Bertz CT molecular complexity index is 1010. The number of carbonyl (C=O) groups is 1. The third kappa shape index (κ3) is 3.12. The maximum atomic E-state index is 13.1. The van der Waals surface area contributed by atoms with Crippen molar-refractivity contribution < 1.29 is 9.21 Å². The lowest BCUT2D eigenvalue weighted by Crippen LogP contribution is -2.03. The average Bonchev–Trinajstić information content (AvgIpc) is 3.11. The van der Waals surface area contributed by atoms with Crippen molar-refractivity contribution in [3.8, 4) is 0 Å².